The van der Waals surface area contributed by atoms with E-state index in [1.54, 1.807) is 30.8 Å². The number of halogens is 1. The molecule has 1 amide bonds. The average molecular weight is 443 g/mol. The summed E-state index contributed by atoms with van der Waals surface area (Å²) in [5.41, 5.74) is 2.16. The molecule has 2 rings (SSSR count). The molecule has 0 fully saturated rings. The third-order valence-electron chi connectivity index (χ3n) is 3.40. The predicted molar refractivity (Wildman–Crippen MR) is 97.3 cm³/mol. The van der Waals surface area contributed by atoms with E-state index in [0.29, 0.717) is 17.1 Å². The number of carbonyl (C=O) groups excluding carboxylic acids is 2. The number of ether oxygens (including phenoxy) is 1. The molecule has 0 radical (unpaired) electrons. The van der Waals surface area contributed by atoms with E-state index in [2.05, 4.69) is 10.4 Å². The summed E-state index contributed by atoms with van der Waals surface area (Å²) in [5, 5.41) is 6.96. The van der Waals surface area contributed by atoms with Gasteiger partial charge in [0.2, 0.25) is 0 Å². The number of amides is 1. The summed E-state index contributed by atoms with van der Waals surface area (Å²) in [5.74, 6) is -0.498. The van der Waals surface area contributed by atoms with Crippen molar-refractivity contribution < 1.29 is 18.7 Å². The minimum Gasteiger partial charge on any atom is -0.451 e. The first-order valence-electron chi connectivity index (χ1n) is 7.23. The Morgan fingerprint density at radius 1 is 1.42 bits per heavy atom. The van der Waals surface area contributed by atoms with Crippen molar-refractivity contribution in [2.75, 3.05) is 5.32 Å². The van der Waals surface area contributed by atoms with Gasteiger partial charge in [0, 0.05) is 13.1 Å². The second kappa shape index (κ2) is 7.65. The number of furan rings is 1. The number of nitrogens with one attached hydrogen (secondary N) is 1. The van der Waals surface area contributed by atoms with Crippen molar-refractivity contribution in [2.24, 2.45) is 7.05 Å². The molecule has 0 bridgehead atoms. The Morgan fingerprint density at radius 3 is 2.67 bits per heavy atom. The van der Waals surface area contributed by atoms with E-state index in [0.717, 1.165) is 9.46 Å². The first-order chi connectivity index (χ1) is 11.3. The van der Waals surface area contributed by atoms with Gasteiger partial charge in [0.25, 0.3) is 5.91 Å². The lowest BCUT2D eigenvalue weighted by Crippen LogP contribution is -2.29. The van der Waals surface area contributed by atoms with Crippen LogP contribution in [-0.2, 0) is 21.4 Å². The quantitative estimate of drug-likeness (QED) is 0.437. The molecule has 0 spiro atoms. The van der Waals surface area contributed by atoms with Crippen molar-refractivity contribution in [1.82, 2.24) is 9.78 Å². The summed E-state index contributed by atoms with van der Waals surface area (Å²) in [6.45, 7) is 5.16. The van der Waals surface area contributed by atoms with Crippen LogP contribution in [0, 0.1) is 17.6 Å². The number of anilines is 1. The van der Waals surface area contributed by atoms with Gasteiger partial charge in [0.15, 0.2) is 9.87 Å². The monoisotopic (exact) mass is 443 g/mol. The van der Waals surface area contributed by atoms with Gasteiger partial charge in [-0.15, -0.1) is 0 Å². The Kier molecular flexibility index (Phi) is 5.81. The molecular weight excluding hydrogens is 425 g/mol. The highest BCUT2D eigenvalue weighted by Crippen LogP contribution is 2.18. The molecule has 1 N–H and O–H groups in total. The first-order valence-corrected chi connectivity index (χ1v) is 8.31. The van der Waals surface area contributed by atoms with E-state index in [-0.39, 0.29) is 0 Å². The highest BCUT2D eigenvalue weighted by Gasteiger charge is 2.20. The molecule has 1 unspecified atom stereocenters. The number of rotatable bonds is 5. The van der Waals surface area contributed by atoms with Crippen LogP contribution >= 0.6 is 22.6 Å². The fourth-order valence-electron chi connectivity index (χ4n) is 2.01. The maximum atomic E-state index is 12.2. The van der Waals surface area contributed by atoms with Gasteiger partial charge in [-0.25, -0.2) is 4.79 Å². The van der Waals surface area contributed by atoms with Crippen LogP contribution in [0.25, 0.3) is 6.08 Å². The van der Waals surface area contributed by atoms with E-state index in [1.165, 1.54) is 19.1 Å². The number of hydrogen-bond acceptors (Lipinski definition) is 5. The van der Waals surface area contributed by atoms with Gasteiger partial charge >= 0.3 is 5.97 Å². The maximum absolute atomic E-state index is 12.2. The Morgan fingerprint density at radius 2 is 2.12 bits per heavy atom. The molecule has 0 saturated heterocycles. The van der Waals surface area contributed by atoms with Crippen LogP contribution in [0.1, 0.15) is 24.1 Å². The molecule has 24 heavy (non-hydrogen) atoms. The highest BCUT2D eigenvalue weighted by molar-refractivity contribution is 14.1. The molecule has 128 valence electrons. The summed E-state index contributed by atoms with van der Waals surface area (Å²) in [7, 11) is 1.79. The van der Waals surface area contributed by atoms with Gasteiger partial charge < -0.3 is 14.5 Å². The van der Waals surface area contributed by atoms with Crippen molar-refractivity contribution in [3.8, 4) is 0 Å². The number of carbonyl (C=O) groups is 2. The zero-order valence-electron chi connectivity index (χ0n) is 13.8. The summed E-state index contributed by atoms with van der Waals surface area (Å²) < 4.78 is 12.8. The molecule has 0 aliphatic rings. The van der Waals surface area contributed by atoms with Gasteiger partial charge in [-0.1, -0.05) is 0 Å². The molecule has 1 atom stereocenters. The van der Waals surface area contributed by atoms with Crippen LogP contribution in [-0.4, -0.2) is 27.8 Å². The van der Waals surface area contributed by atoms with Crippen LogP contribution in [0.5, 0.6) is 0 Å². The Labute approximate surface area is 153 Å². The molecule has 0 aliphatic heterocycles. The number of nitrogens with zero attached hydrogens (tertiary/aromatic N) is 2. The van der Waals surface area contributed by atoms with Crippen LogP contribution in [0.4, 0.5) is 5.69 Å². The minimum absolute atomic E-state index is 0.413. The lowest BCUT2D eigenvalue weighted by molar-refractivity contribution is -0.148. The normalized spacial score (nSPS) is 12.4. The van der Waals surface area contributed by atoms with Crippen molar-refractivity contribution in [3.05, 3.63) is 39.1 Å². The SMILES string of the molecule is Cc1nn(C)c(C)c1NC(=O)C(C)OC(=O)/C=C/c1ccc(I)o1. The van der Waals surface area contributed by atoms with Gasteiger partial charge in [-0.05, 0) is 61.6 Å². The lowest BCUT2D eigenvalue weighted by Gasteiger charge is -2.12. The van der Waals surface area contributed by atoms with E-state index in [4.69, 9.17) is 9.15 Å². The molecule has 7 nitrogen and oxygen atoms in total. The average Bonchev–Trinajstić information content (AvgIpc) is 3.03. The van der Waals surface area contributed by atoms with Crippen molar-refractivity contribution in [2.45, 2.75) is 26.9 Å². The molecule has 0 aliphatic carbocycles. The Bertz CT molecular complexity index is 791. The van der Waals surface area contributed by atoms with Crippen molar-refractivity contribution in [3.63, 3.8) is 0 Å². The summed E-state index contributed by atoms with van der Waals surface area (Å²) >= 11 is 2.03. The Hall–Kier alpha value is -2.10. The molecule has 8 heteroatoms. The maximum Gasteiger partial charge on any atom is 0.331 e. The predicted octanol–water partition coefficient (Wildman–Crippen LogP) is 2.82. The van der Waals surface area contributed by atoms with Gasteiger partial charge in [0.05, 0.1) is 17.1 Å². The fraction of sp³-hybridized carbons (Fsp3) is 0.312. The largest absolute Gasteiger partial charge is 0.451 e. The smallest absolute Gasteiger partial charge is 0.331 e. The summed E-state index contributed by atoms with van der Waals surface area (Å²) in [4.78, 5) is 23.9. The van der Waals surface area contributed by atoms with Crippen LogP contribution in [0.3, 0.4) is 0 Å². The Balaban J connectivity index is 1.93. The number of esters is 1. The molecular formula is C16H18IN3O4. The van der Waals surface area contributed by atoms with E-state index < -0.39 is 18.0 Å². The number of aromatic nitrogens is 2. The molecule has 2 aromatic heterocycles. The topological polar surface area (TPSA) is 86.4 Å². The van der Waals surface area contributed by atoms with Gasteiger partial charge in [0.1, 0.15) is 5.76 Å². The second-order valence-electron chi connectivity index (χ2n) is 5.21. The zero-order valence-corrected chi connectivity index (χ0v) is 15.9. The molecule has 2 aromatic rings. The first kappa shape index (κ1) is 18.2. The van der Waals surface area contributed by atoms with Crippen molar-refractivity contribution in [1.29, 1.82) is 0 Å². The van der Waals surface area contributed by atoms with E-state index >= 15 is 0 Å². The van der Waals surface area contributed by atoms with Crippen molar-refractivity contribution >= 4 is 46.2 Å². The van der Waals surface area contributed by atoms with Gasteiger partial charge in [-0.3, -0.25) is 9.48 Å². The standard InChI is InChI=1S/C16H18IN3O4/c1-9-15(10(2)20(4)19-9)18-16(22)11(3)23-14(21)8-6-12-5-7-13(17)24-12/h5-8,11H,1-4H3,(H,18,22)/b8-6+. The highest BCUT2D eigenvalue weighted by atomic mass is 127. The van der Waals surface area contributed by atoms with Gasteiger partial charge in [-0.2, -0.15) is 5.10 Å². The minimum atomic E-state index is -0.933. The van der Waals surface area contributed by atoms with E-state index in [9.17, 15) is 9.59 Å². The zero-order chi connectivity index (χ0) is 17.9. The lowest BCUT2D eigenvalue weighted by atomic mass is 10.3. The van der Waals surface area contributed by atoms with Crippen LogP contribution in [0.15, 0.2) is 22.6 Å². The molecule has 0 saturated carbocycles. The van der Waals surface area contributed by atoms with Crippen LogP contribution in [0.2, 0.25) is 0 Å². The second-order valence-corrected chi connectivity index (χ2v) is 6.28. The third kappa shape index (κ3) is 4.47. The fourth-order valence-corrected chi connectivity index (χ4v) is 2.45. The third-order valence-corrected chi connectivity index (χ3v) is 3.98. The van der Waals surface area contributed by atoms with E-state index in [1.807, 2.05) is 29.5 Å². The number of hydrogen-bond donors (Lipinski definition) is 1. The molecule has 2 heterocycles. The number of aryl methyl sites for hydroxylation is 2. The molecule has 0 aromatic carbocycles. The van der Waals surface area contributed by atoms with Crippen LogP contribution < -0.4 is 5.32 Å². The summed E-state index contributed by atoms with van der Waals surface area (Å²) in [6.07, 6.45) is 1.78. The summed E-state index contributed by atoms with van der Waals surface area (Å²) in [6, 6.07) is 3.51.